The van der Waals surface area contributed by atoms with E-state index in [4.69, 9.17) is 4.74 Å². The Bertz CT molecular complexity index is 598. The van der Waals surface area contributed by atoms with Gasteiger partial charge in [0, 0.05) is 15.8 Å². The Morgan fingerprint density at radius 3 is 2.62 bits per heavy atom. The second-order valence-electron chi connectivity index (χ2n) is 5.21. The average molecular weight is 394 g/mol. The minimum absolute atomic E-state index is 0.0340. The summed E-state index contributed by atoms with van der Waals surface area (Å²) in [4.78, 5) is 0.175. The highest BCUT2D eigenvalue weighted by atomic mass is 79.9. The number of thioether (sulfide) groups is 1. The van der Waals surface area contributed by atoms with E-state index in [1.165, 1.54) is 20.0 Å². The van der Waals surface area contributed by atoms with E-state index < -0.39 is 10.0 Å². The van der Waals surface area contributed by atoms with E-state index in [2.05, 4.69) is 26.9 Å². The molecule has 1 saturated carbocycles. The molecule has 0 aromatic heterocycles. The summed E-state index contributed by atoms with van der Waals surface area (Å²) in [6, 6.07) is 4.98. The Balaban J connectivity index is 2.20. The minimum Gasteiger partial charge on any atom is -0.495 e. The van der Waals surface area contributed by atoms with Gasteiger partial charge in [-0.15, -0.1) is 0 Å². The second-order valence-corrected chi connectivity index (χ2v) is 9.14. The standard InChI is InChI=1S/C14H20BrNO3S2/c1-19-12-6-5-11(15)9-13(12)21(17,18)16-10-14(20-2)7-3-4-8-14/h5-6,9,16H,3-4,7-8,10H2,1-2H3. The molecule has 7 heteroatoms. The Kier molecular flexibility index (Phi) is 5.62. The van der Waals surface area contributed by atoms with Gasteiger partial charge in [0.05, 0.1) is 7.11 Å². The van der Waals surface area contributed by atoms with Crippen molar-refractivity contribution < 1.29 is 13.2 Å². The van der Waals surface area contributed by atoms with Crippen LogP contribution in [0.5, 0.6) is 5.75 Å². The van der Waals surface area contributed by atoms with Crippen LogP contribution in [0.1, 0.15) is 25.7 Å². The van der Waals surface area contributed by atoms with Crippen molar-refractivity contribution in [3.05, 3.63) is 22.7 Å². The fourth-order valence-electron chi connectivity index (χ4n) is 2.64. The maximum atomic E-state index is 12.6. The third-order valence-electron chi connectivity index (χ3n) is 3.95. The van der Waals surface area contributed by atoms with E-state index >= 15 is 0 Å². The van der Waals surface area contributed by atoms with Crippen LogP contribution in [-0.2, 0) is 10.0 Å². The topological polar surface area (TPSA) is 55.4 Å². The van der Waals surface area contributed by atoms with E-state index in [-0.39, 0.29) is 9.64 Å². The summed E-state index contributed by atoms with van der Waals surface area (Å²) >= 11 is 5.07. The largest absolute Gasteiger partial charge is 0.495 e. The summed E-state index contributed by atoms with van der Waals surface area (Å²) in [5, 5.41) is 0. The van der Waals surface area contributed by atoms with Crippen LogP contribution in [0.3, 0.4) is 0 Å². The van der Waals surface area contributed by atoms with Gasteiger partial charge in [0.15, 0.2) is 0 Å². The van der Waals surface area contributed by atoms with E-state index in [0.29, 0.717) is 16.8 Å². The highest BCUT2D eigenvalue weighted by molar-refractivity contribution is 9.10. The predicted molar refractivity (Wildman–Crippen MR) is 90.6 cm³/mol. The molecular formula is C14H20BrNO3S2. The second kappa shape index (κ2) is 6.89. The average Bonchev–Trinajstić information content (AvgIpc) is 2.95. The first kappa shape index (κ1) is 17.1. The molecular weight excluding hydrogens is 374 g/mol. The molecule has 4 nitrogen and oxygen atoms in total. The van der Waals surface area contributed by atoms with Gasteiger partial charge in [-0.2, -0.15) is 11.8 Å². The summed E-state index contributed by atoms with van der Waals surface area (Å²) in [6.07, 6.45) is 6.52. The first-order valence-corrected chi connectivity index (χ1v) is 10.3. The molecule has 0 amide bonds. The van der Waals surface area contributed by atoms with E-state index in [0.717, 1.165) is 12.8 Å². The van der Waals surface area contributed by atoms with Crippen molar-refractivity contribution in [1.29, 1.82) is 0 Å². The van der Waals surface area contributed by atoms with Gasteiger partial charge in [0.1, 0.15) is 10.6 Å². The lowest BCUT2D eigenvalue weighted by Crippen LogP contribution is -2.38. The Labute approximate surface area is 139 Å². The summed E-state index contributed by atoms with van der Waals surface area (Å²) in [5.41, 5.74) is 0. The molecule has 1 fully saturated rings. The zero-order valence-electron chi connectivity index (χ0n) is 12.2. The fraction of sp³-hybridized carbons (Fsp3) is 0.571. The highest BCUT2D eigenvalue weighted by Crippen LogP contribution is 2.40. The quantitative estimate of drug-likeness (QED) is 0.804. The molecule has 2 rings (SSSR count). The summed E-state index contributed by atoms with van der Waals surface area (Å²) in [5.74, 6) is 0.357. The normalized spacial score (nSPS) is 17.9. The molecule has 1 aliphatic carbocycles. The van der Waals surface area contributed by atoms with Crippen molar-refractivity contribution in [2.45, 2.75) is 35.3 Å². The van der Waals surface area contributed by atoms with Crippen molar-refractivity contribution in [2.24, 2.45) is 0 Å². The molecule has 0 heterocycles. The van der Waals surface area contributed by atoms with Crippen LogP contribution < -0.4 is 9.46 Å². The van der Waals surface area contributed by atoms with Gasteiger partial charge in [-0.1, -0.05) is 28.8 Å². The van der Waals surface area contributed by atoms with E-state index in [1.54, 1.807) is 30.0 Å². The molecule has 0 bridgehead atoms. The lowest BCUT2D eigenvalue weighted by Gasteiger charge is -2.27. The number of nitrogens with one attached hydrogen (secondary N) is 1. The molecule has 21 heavy (non-hydrogen) atoms. The number of halogens is 1. The van der Waals surface area contributed by atoms with Crippen molar-refractivity contribution in [3.8, 4) is 5.75 Å². The maximum Gasteiger partial charge on any atom is 0.244 e. The molecule has 1 aromatic rings. The monoisotopic (exact) mass is 393 g/mol. The van der Waals surface area contributed by atoms with Crippen molar-refractivity contribution in [3.63, 3.8) is 0 Å². The van der Waals surface area contributed by atoms with Gasteiger partial charge in [-0.25, -0.2) is 13.1 Å². The number of rotatable bonds is 6. The van der Waals surface area contributed by atoms with Crippen LogP contribution in [0, 0.1) is 0 Å². The van der Waals surface area contributed by atoms with Crippen molar-refractivity contribution in [2.75, 3.05) is 19.9 Å². The lowest BCUT2D eigenvalue weighted by molar-refractivity contribution is 0.402. The number of hydrogen-bond acceptors (Lipinski definition) is 4. The zero-order chi connectivity index (χ0) is 15.5. The molecule has 0 aliphatic heterocycles. The number of ether oxygens (including phenoxy) is 1. The predicted octanol–water partition coefficient (Wildman–Crippen LogP) is 3.41. The SMILES string of the molecule is COc1ccc(Br)cc1S(=O)(=O)NCC1(SC)CCCC1. The first-order chi connectivity index (χ1) is 9.92. The van der Waals surface area contributed by atoms with Gasteiger partial charge in [-0.05, 0) is 37.3 Å². The van der Waals surface area contributed by atoms with Crippen molar-refractivity contribution >= 4 is 37.7 Å². The van der Waals surface area contributed by atoms with Crippen LogP contribution in [0.15, 0.2) is 27.6 Å². The first-order valence-electron chi connectivity index (χ1n) is 6.81. The summed E-state index contributed by atoms with van der Waals surface area (Å²) in [6.45, 7) is 0.464. The van der Waals surface area contributed by atoms with Gasteiger partial charge in [-0.3, -0.25) is 0 Å². The lowest BCUT2D eigenvalue weighted by atomic mass is 10.1. The Hall–Kier alpha value is -0.240. The number of benzene rings is 1. The Morgan fingerprint density at radius 2 is 2.05 bits per heavy atom. The van der Waals surface area contributed by atoms with Crippen LogP contribution in [0.2, 0.25) is 0 Å². The van der Waals surface area contributed by atoms with Crippen LogP contribution >= 0.6 is 27.7 Å². The van der Waals surface area contributed by atoms with E-state index in [1.807, 2.05) is 0 Å². The molecule has 118 valence electrons. The van der Waals surface area contributed by atoms with Gasteiger partial charge in [0.2, 0.25) is 10.0 Å². The summed E-state index contributed by atoms with van der Waals surface area (Å²) < 4.78 is 33.8. The third-order valence-corrected chi connectivity index (χ3v) is 7.28. The van der Waals surface area contributed by atoms with Gasteiger partial charge in [0.25, 0.3) is 0 Å². The molecule has 1 N–H and O–H groups in total. The maximum absolute atomic E-state index is 12.6. The molecule has 1 aliphatic rings. The van der Waals surface area contributed by atoms with E-state index in [9.17, 15) is 8.42 Å². The van der Waals surface area contributed by atoms with Crippen molar-refractivity contribution in [1.82, 2.24) is 4.72 Å². The fourth-order valence-corrected chi connectivity index (χ4v) is 5.47. The Morgan fingerprint density at radius 1 is 1.38 bits per heavy atom. The smallest absolute Gasteiger partial charge is 0.244 e. The molecule has 0 unspecified atom stereocenters. The molecule has 0 spiro atoms. The van der Waals surface area contributed by atoms with Crippen LogP contribution in [0.4, 0.5) is 0 Å². The molecule has 0 atom stereocenters. The minimum atomic E-state index is -3.58. The van der Waals surface area contributed by atoms with Crippen LogP contribution in [0.25, 0.3) is 0 Å². The van der Waals surface area contributed by atoms with Gasteiger partial charge >= 0.3 is 0 Å². The molecule has 0 saturated heterocycles. The third kappa shape index (κ3) is 3.94. The molecule has 1 aromatic carbocycles. The van der Waals surface area contributed by atoms with Gasteiger partial charge < -0.3 is 4.74 Å². The number of hydrogen-bond donors (Lipinski definition) is 1. The highest BCUT2D eigenvalue weighted by Gasteiger charge is 2.34. The van der Waals surface area contributed by atoms with Crippen LogP contribution in [-0.4, -0.2) is 33.1 Å². The molecule has 0 radical (unpaired) electrons. The zero-order valence-corrected chi connectivity index (χ0v) is 15.4. The summed E-state index contributed by atoms with van der Waals surface area (Å²) in [7, 11) is -2.10. The number of methoxy groups -OCH3 is 1. The number of sulfonamides is 1.